The second kappa shape index (κ2) is 8.40. The van der Waals surface area contributed by atoms with Gasteiger partial charge in [-0.05, 0) is 30.3 Å². The van der Waals surface area contributed by atoms with Crippen LogP contribution in [0, 0.1) is 5.82 Å². The van der Waals surface area contributed by atoms with Crippen LogP contribution >= 0.6 is 11.6 Å². The number of halogens is 2. The number of nitrogens with one attached hydrogen (secondary N) is 1. The molecular weight excluding hydrogens is 337 g/mol. The number of carbonyl (C=O) groups excluding carboxylic acids is 1. The molecule has 0 aliphatic rings. The Labute approximate surface area is 144 Å². The fourth-order valence-electron chi connectivity index (χ4n) is 1.98. The van der Waals surface area contributed by atoms with Crippen molar-refractivity contribution < 1.29 is 23.4 Å². The molecule has 2 aromatic carbocycles. The highest BCUT2D eigenvalue weighted by Gasteiger charge is 2.09. The number of methoxy groups -OCH3 is 2. The molecule has 2 rings (SSSR count). The maximum atomic E-state index is 13.1. The topological polar surface area (TPSA) is 56.8 Å². The Kier molecular flexibility index (Phi) is 6.26. The van der Waals surface area contributed by atoms with Gasteiger partial charge in [-0.3, -0.25) is 4.79 Å². The first-order valence-corrected chi connectivity index (χ1v) is 7.46. The fraction of sp³-hybridized carbons (Fsp3) is 0.235. The highest BCUT2D eigenvalue weighted by Crippen LogP contribution is 2.24. The molecule has 0 saturated carbocycles. The number of benzene rings is 2. The van der Waals surface area contributed by atoms with Crippen LogP contribution in [0.15, 0.2) is 36.4 Å². The minimum Gasteiger partial charge on any atom is -0.497 e. The lowest BCUT2D eigenvalue weighted by molar-refractivity contribution is -0.123. The van der Waals surface area contributed by atoms with Gasteiger partial charge >= 0.3 is 0 Å². The van der Waals surface area contributed by atoms with Crippen molar-refractivity contribution in [3.05, 3.63) is 52.8 Å². The summed E-state index contributed by atoms with van der Waals surface area (Å²) in [5.41, 5.74) is 0.773. The lowest BCUT2D eigenvalue weighted by atomic mass is 10.2. The van der Waals surface area contributed by atoms with Crippen molar-refractivity contribution in [3.63, 3.8) is 0 Å². The Morgan fingerprint density at radius 2 is 1.88 bits per heavy atom. The van der Waals surface area contributed by atoms with Crippen molar-refractivity contribution in [3.8, 4) is 17.2 Å². The average molecular weight is 354 g/mol. The van der Waals surface area contributed by atoms with E-state index in [0.717, 1.165) is 5.56 Å². The van der Waals surface area contributed by atoms with Crippen molar-refractivity contribution in [1.29, 1.82) is 0 Å². The van der Waals surface area contributed by atoms with Crippen LogP contribution in [-0.2, 0) is 11.3 Å². The summed E-state index contributed by atoms with van der Waals surface area (Å²) < 4.78 is 28.7. The van der Waals surface area contributed by atoms with Crippen LogP contribution in [-0.4, -0.2) is 26.7 Å². The molecule has 128 valence electrons. The fourth-order valence-corrected chi connectivity index (χ4v) is 2.15. The molecule has 0 atom stereocenters. The van der Waals surface area contributed by atoms with Crippen LogP contribution in [0.2, 0.25) is 5.02 Å². The first-order chi connectivity index (χ1) is 11.5. The van der Waals surface area contributed by atoms with E-state index in [2.05, 4.69) is 5.32 Å². The maximum Gasteiger partial charge on any atom is 0.258 e. The van der Waals surface area contributed by atoms with E-state index in [1.165, 1.54) is 18.2 Å². The summed E-state index contributed by atoms with van der Waals surface area (Å²) in [6, 6.07) is 9.20. The first-order valence-electron chi connectivity index (χ1n) is 7.09. The maximum absolute atomic E-state index is 13.1. The van der Waals surface area contributed by atoms with E-state index in [-0.39, 0.29) is 24.1 Å². The van der Waals surface area contributed by atoms with Crippen LogP contribution in [0.3, 0.4) is 0 Å². The highest BCUT2D eigenvalue weighted by atomic mass is 35.5. The summed E-state index contributed by atoms with van der Waals surface area (Å²) in [5, 5.41) is 2.65. The number of hydrogen-bond acceptors (Lipinski definition) is 4. The van der Waals surface area contributed by atoms with Gasteiger partial charge in [0, 0.05) is 18.2 Å². The lowest BCUT2D eigenvalue weighted by Crippen LogP contribution is -2.28. The molecule has 0 aromatic heterocycles. The van der Waals surface area contributed by atoms with Gasteiger partial charge in [0.2, 0.25) is 0 Å². The summed E-state index contributed by atoms with van der Waals surface area (Å²) >= 11 is 5.65. The number of amides is 1. The van der Waals surface area contributed by atoms with Gasteiger partial charge in [-0.1, -0.05) is 11.6 Å². The van der Waals surface area contributed by atoms with Crippen molar-refractivity contribution in [2.45, 2.75) is 6.54 Å². The van der Waals surface area contributed by atoms with Gasteiger partial charge in [0.25, 0.3) is 5.91 Å². The molecule has 0 fully saturated rings. The second-order valence-electron chi connectivity index (χ2n) is 4.82. The summed E-state index contributed by atoms with van der Waals surface area (Å²) in [5.74, 6) is 0.744. The summed E-state index contributed by atoms with van der Waals surface area (Å²) in [6.45, 7) is 0.0426. The predicted molar refractivity (Wildman–Crippen MR) is 88.3 cm³/mol. The monoisotopic (exact) mass is 353 g/mol. The molecule has 1 amide bonds. The van der Waals surface area contributed by atoms with Gasteiger partial charge in [-0.2, -0.15) is 0 Å². The van der Waals surface area contributed by atoms with Gasteiger partial charge in [-0.25, -0.2) is 4.39 Å². The summed E-state index contributed by atoms with van der Waals surface area (Å²) in [7, 11) is 3.11. The zero-order valence-corrected chi connectivity index (χ0v) is 14.0. The minimum atomic E-state index is -0.543. The van der Waals surface area contributed by atoms with Crippen LogP contribution in [0.5, 0.6) is 17.2 Å². The Morgan fingerprint density at radius 1 is 1.12 bits per heavy atom. The quantitative estimate of drug-likeness (QED) is 0.830. The molecule has 0 aliphatic heterocycles. The standard InChI is InChI=1S/C17H17ClFNO4/c1-22-12-4-6-16(23-2)11(7-12)9-20-17(21)10-24-13-3-5-15(19)14(18)8-13/h3-8H,9-10H2,1-2H3,(H,20,21). The van der Waals surface area contributed by atoms with Crippen molar-refractivity contribution in [2.75, 3.05) is 20.8 Å². The number of hydrogen-bond donors (Lipinski definition) is 1. The predicted octanol–water partition coefficient (Wildman–Crippen LogP) is 3.19. The molecule has 24 heavy (non-hydrogen) atoms. The van der Waals surface area contributed by atoms with E-state index in [1.54, 1.807) is 32.4 Å². The van der Waals surface area contributed by atoms with Crippen LogP contribution in [0.1, 0.15) is 5.56 Å². The molecule has 2 aromatic rings. The van der Waals surface area contributed by atoms with Gasteiger partial charge < -0.3 is 19.5 Å². The molecule has 1 N–H and O–H groups in total. The first kappa shape index (κ1) is 17.9. The third kappa shape index (κ3) is 4.76. The van der Waals surface area contributed by atoms with Crippen molar-refractivity contribution in [1.82, 2.24) is 5.32 Å². The lowest BCUT2D eigenvalue weighted by Gasteiger charge is -2.12. The molecule has 0 aliphatic carbocycles. The molecule has 0 heterocycles. The Morgan fingerprint density at radius 3 is 2.54 bits per heavy atom. The normalized spacial score (nSPS) is 10.2. The molecule has 0 bridgehead atoms. The minimum absolute atomic E-state index is 0.0611. The van der Waals surface area contributed by atoms with E-state index in [0.29, 0.717) is 17.2 Å². The van der Waals surface area contributed by atoms with E-state index in [9.17, 15) is 9.18 Å². The van der Waals surface area contributed by atoms with Crippen LogP contribution in [0.4, 0.5) is 4.39 Å². The Balaban J connectivity index is 1.90. The third-order valence-electron chi connectivity index (χ3n) is 3.22. The van der Waals surface area contributed by atoms with Gasteiger partial charge in [0.15, 0.2) is 6.61 Å². The van der Waals surface area contributed by atoms with E-state index >= 15 is 0 Å². The molecule has 0 saturated heterocycles. The molecule has 0 radical (unpaired) electrons. The molecule has 5 nitrogen and oxygen atoms in total. The van der Waals surface area contributed by atoms with E-state index in [1.807, 2.05) is 0 Å². The number of rotatable bonds is 7. The Hall–Kier alpha value is -2.47. The van der Waals surface area contributed by atoms with Crippen molar-refractivity contribution in [2.24, 2.45) is 0 Å². The average Bonchev–Trinajstić information content (AvgIpc) is 2.60. The van der Waals surface area contributed by atoms with Gasteiger partial charge in [0.1, 0.15) is 23.1 Å². The highest BCUT2D eigenvalue weighted by molar-refractivity contribution is 6.30. The van der Waals surface area contributed by atoms with Crippen molar-refractivity contribution >= 4 is 17.5 Å². The van der Waals surface area contributed by atoms with E-state index < -0.39 is 5.82 Å². The Bertz CT molecular complexity index is 724. The van der Waals surface area contributed by atoms with Gasteiger partial charge in [-0.15, -0.1) is 0 Å². The largest absolute Gasteiger partial charge is 0.497 e. The molecule has 0 spiro atoms. The zero-order chi connectivity index (χ0) is 17.5. The van der Waals surface area contributed by atoms with E-state index in [4.69, 9.17) is 25.8 Å². The molecule has 0 unspecified atom stereocenters. The van der Waals surface area contributed by atoms with Crippen LogP contribution < -0.4 is 19.5 Å². The SMILES string of the molecule is COc1ccc(OC)c(CNC(=O)COc2ccc(F)c(Cl)c2)c1. The zero-order valence-electron chi connectivity index (χ0n) is 13.3. The second-order valence-corrected chi connectivity index (χ2v) is 5.23. The van der Waals surface area contributed by atoms with Crippen LogP contribution in [0.25, 0.3) is 0 Å². The summed E-state index contributed by atoms with van der Waals surface area (Å²) in [6.07, 6.45) is 0. The molecule has 7 heteroatoms. The number of ether oxygens (including phenoxy) is 3. The summed E-state index contributed by atoms with van der Waals surface area (Å²) in [4.78, 5) is 11.9. The number of carbonyl (C=O) groups is 1. The van der Waals surface area contributed by atoms with Gasteiger partial charge in [0.05, 0.1) is 19.2 Å². The third-order valence-corrected chi connectivity index (χ3v) is 3.51. The molecular formula is C17H17ClFNO4. The smallest absolute Gasteiger partial charge is 0.258 e.